The third-order valence-corrected chi connectivity index (χ3v) is 8.19. The van der Waals surface area contributed by atoms with Crippen molar-refractivity contribution in [2.45, 2.75) is 69.5 Å². The van der Waals surface area contributed by atoms with Gasteiger partial charge in [-0.05, 0) is 25.7 Å². The van der Waals surface area contributed by atoms with Crippen molar-refractivity contribution >= 4 is 35.6 Å². The second-order valence-corrected chi connectivity index (χ2v) is 15.0. The van der Waals surface area contributed by atoms with E-state index >= 15 is 0 Å². The first-order valence-corrected chi connectivity index (χ1v) is 13.6. The molecule has 1 unspecified atom stereocenters. The summed E-state index contributed by atoms with van der Waals surface area (Å²) in [5.41, 5.74) is 0. The van der Waals surface area contributed by atoms with Crippen LogP contribution in [0.1, 0.15) is 38.5 Å². The average molecular weight is 320 g/mol. The molecule has 1 fully saturated rings. The van der Waals surface area contributed by atoms with E-state index in [2.05, 4.69) is 25.0 Å². The van der Waals surface area contributed by atoms with Gasteiger partial charge in [0.25, 0.3) is 0 Å². The Morgan fingerprint density at radius 1 is 1.26 bits per heavy atom. The minimum absolute atomic E-state index is 0.254. The third kappa shape index (κ3) is 9.85. The first-order valence-electron chi connectivity index (χ1n) is 7.52. The maximum atomic E-state index is 11.7. The van der Waals surface area contributed by atoms with E-state index in [9.17, 15) is 4.79 Å². The van der Waals surface area contributed by atoms with Crippen LogP contribution < -0.4 is 5.32 Å². The van der Waals surface area contributed by atoms with Crippen molar-refractivity contribution in [3.05, 3.63) is 0 Å². The number of rotatable bonds is 9. The predicted molar refractivity (Wildman–Crippen MR) is 92.7 cm³/mol. The van der Waals surface area contributed by atoms with E-state index < -0.39 is 8.07 Å². The minimum atomic E-state index is -0.931. The predicted octanol–water partition coefficient (Wildman–Crippen LogP) is 4.55. The number of carbonyl (C=O) groups is 1. The van der Waals surface area contributed by atoms with Gasteiger partial charge in [-0.2, -0.15) is 0 Å². The molecule has 1 saturated heterocycles. The quantitative estimate of drug-likeness (QED) is 0.384. The van der Waals surface area contributed by atoms with E-state index in [-0.39, 0.29) is 5.91 Å². The first-order chi connectivity index (χ1) is 8.97. The second-order valence-electron chi connectivity index (χ2n) is 6.59. The maximum absolute atomic E-state index is 11.7. The fourth-order valence-electron chi connectivity index (χ4n) is 2.16. The van der Waals surface area contributed by atoms with E-state index in [1.165, 1.54) is 31.1 Å². The number of hydrogen-bond acceptors (Lipinski definition) is 3. The maximum Gasteiger partial charge on any atom is 0.219 e. The average Bonchev–Trinajstić information content (AvgIpc) is 2.82. The summed E-state index contributed by atoms with van der Waals surface area (Å²) < 4.78 is 0. The van der Waals surface area contributed by atoms with Crippen molar-refractivity contribution in [2.24, 2.45) is 0 Å². The molecule has 0 aromatic carbocycles. The largest absolute Gasteiger partial charge is 0.356 e. The summed E-state index contributed by atoms with van der Waals surface area (Å²) in [5.74, 6) is 1.57. The van der Waals surface area contributed by atoms with E-state index in [0.29, 0.717) is 0 Å². The molecule has 0 aromatic rings. The van der Waals surface area contributed by atoms with Crippen LogP contribution in [0.2, 0.25) is 25.7 Å². The lowest BCUT2D eigenvalue weighted by molar-refractivity contribution is -0.121. The smallest absolute Gasteiger partial charge is 0.219 e. The van der Waals surface area contributed by atoms with Gasteiger partial charge in [0, 0.05) is 32.0 Å². The van der Waals surface area contributed by atoms with Crippen LogP contribution in [0.15, 0.2) is 0 Å². The van der Waals surface area contributed by atoms with Crippen LogP contribution in [0.3, 0.4) is 0 Å². The van der Waals surface area contributed by atoms with Crippen LogP contribution in [0.5, 0.6) is 0 Å². The summed E-state index contributed by atoms with van der Waals surface area (Å²) in [6, 6.07) is 1.31. The van der Waals surface area contributed by atoms with Gasteiger partial charge in [-0.3, -0.25) is 4.79 Å². The molecular formula is C14H29NOS2Si. The van der Waals surface area contributed by atoms with Gasteiger partial charge in [-0.1, -0.05) is 53.7 Å². The Morgan fingerprint density at radius 3 is 2.68 bits per heavy atom. The molecule has 1 rings (SSSR count). The highest BCUT2D eigenvalue weighted by atomic mass is 33.1. The van der Waals surface area contributed by atoms with E-state index in [1.54, 1.807) is 0 Å². The Hall–Kier alpha value is 0.387. The number of unbranched alkanes of at least 4 members (excludes halogenated alkanes) is 1. The summed E-state index contributed by atoms with van der Waals surface area (Å²) in [6.07, 6.45) is 6.79. The fraction of sp³-hybridized carbons (Fsp3) is 0.929. The fourth-order valence-corrected chi connectivity index (χ4v) is 6.42. The Labute approximate surface area is 127 Å². The summed E-state index contributed by atoms with van der Waals surface area (Å²) in [6.45, 7) is 8.02. The van der Waals surface area contributed by atoms with Gasteiger partial charge in [0.1, 0.15) is 0 Å². The minimum Gasteiger partial charge on any atom is -0.356 e. The van der Waals surface area contributed by atoms with Crippen LogP contribution >= 0.6 is 21.6 Å². The van der Waals surface area contributed by atoms with E-state index in [0.717, 1.165) is 31.1 Å². The van der Waals surface area contributed by atoms with Crippen molar-refractivity contribution in [1.82, 2.24) is 5.32 Å². The van der Waals surface area contributed by atoms with Gasteiger partial charge < -0.3 is 5.32 Å². The monoisotopic (exact) mass is 319 g/mol. The van der Waals surface area contributed by atoms with Gasteiger partial charge in [0.2, 0.25) is 5.91 Å². The standard InChI is InChI=1S/C14H29NOS2Si/c1-19(2,3)12-6-10-15-14(16)8-5-4-7-13-9-11-17-18-13/h13H,4-12H2,1-3H3,(H,15,16). The van der Waals surface area contributed by atoms with Gasteiger partial charge in [0.15, 0.2) is 0 Å². The molecule has 0 bridgehead atoms. The van der Waals surface area contributed by atoms with E-state index in [4.69, 9.17) is 0 Å². The molecule has 2 nitrogen and oxygen atoms in total. The van der Waals surface area contributed by atoms with Crippen LogP contribution in [0.4, 0.5) is 0 Å². The molecule has 0 aliphatic carbocycles. The molecule has 1 aliphatic rings. The molecule has 1 atom stereocenters. The van der Waals surface area contributed by atoms with Crippen LogP contribution in [-0.4, -0.2) is 31.5 Å². The second kappa shape index (κ2) is 9.35. The molecule has 5 heteroatoms. The molecule has 1 N–H and O–H groups in total. The molecule has 1 aliphatic heterocycles. The van der Waals surface area contributed by atoms with Gasteiger partial charge >= 0.3 is 0 Å². The lowest BCUT2D eigenvalue weighted by Crippen LogP contribution is -2.27. The summed E-state index contributed by atoms with van der Waals surface area (Å²) in [5, 5.41) is 3.91. The SMILES string of the molecule is C[Si](C)(C)CCCNC(=O)CCCCC1CCSS1. The number of amides is 1. The Kier molecular flexibility index (Phi) is 8.58. The van der Waals surface area contributed by atoms with Crippen molar-refractivity contribution in [3.63, 3.8) is 0 Å². The molecule has 1 heterocycles. The molecule has 112 valence electrons. The Morgan fingerprint density at radius 2 is 2.05 bits per heavy atom. The highest BCUT2D eigenvalue weighted by Crippen LogP contribution is 2.39. The zero-order valence-electron chi connectivity index (χ0n) is 12.7. The van der Waals surface area contributed by atoms with Crippen molar-refractivity contribution in [1.29, 1.82) is 0 Å². The molecular weight excluding hydrogens is 290 g/mol. The molecule has 19 heavy (non-hydrogen) atoms. The molecule has 0 spiro atoms. The van der Waals surface area contributed by atoms with Crippen molar-refractivity contribution in [2.75, 3.05) is 12.3 Å². The van der Waals surface area contributed by atoms with Crippen LogP contribution in [0, 0.1) is 0 Å². The topological polar surface area (TPSA) is 29.1 Å². The first kappa shape index (κ1) is 17.4. The molecule has 0 radical (unpaired) electrons. The molecule has 0 aromatic heterocycles. The Balaban J connectivity index is 1.90. The van der Waals surface area contributed by atoms with Gasteiger partial charge in [-0.25, -0.2) is 0 Å². The normalized spacial score (nSPS) is 19.6. The summed E-state index contributed by atoms with van der Waals surface area (Å²) in [4.78, 5) is 11.7. The number of nitrogens with one attached hydrogen (secondary N) is 1. The van der Waals surface area contributed by atoms with Crippen molar-refractivity contribution in [3.8, 4) is 0 Å². The van der Waals surface area contributed by atoms with Crippen LogP contribution in [-0.2, 0) is 4.79 Å². The third-order valence-electron chi connectivity index (χ3n) is 3.33. The lowest BCUT2D eigenvalue weighted by Gasteiger charge is -2.15. The molecule has 1 amide bonds. The zero-order valence-corrected chi connectivity index (χ0v) is 15.3. The highest BCUT2D eigenvalue weighted by Gasteiger charge is 2.16. The lowest BCUT2D eigenvalue weighted by atomic mass is 10.1. The summed E-state index contributed by atoms with van der Waals surface area (Å²) in [7, 11) is 3.11. The number of hydrogen-bond donors (Lipinski definition) is 1. The zero-order chi connectivity index (χ0) is 14.1. The van der Waals surface area contributed by atoms with E-state index in [1.807, 2.05) is 21.6 Å². The highest BCUT2D eigenvalue weighted by molar-refractivity contribution is 8.77. The van der Waals surface area contributed by atoms with Gasteiger partial charge in [-0.15, -0.1) is 0 Å². The number of carbonyl (C=O) groups excluding carboxylic acids is 1. The van der Waals surface area contributed by atoms with Crippen molar-refractivity contribution < 1.29 is 4.79 Å². The summed E-state index contributed by atoms with van der Waals surface area (Å²) >= 11 is 0. The van der Waals surface area contributed by atoms with Crippen LogP contribution in [0.25, 0.3) is 0 Å². The molecule has 0 saturated carbocycles. The van der Waals surface area contributed by atoms with Gasteiger partial charge in [0.05, 0.1) is 0 Å². The Bertz CT molecular complexity index is 263.